The van der Waals surface area contributed by atoms with Crippen molar-refractivity contribution >= 4 is 29.1 Å². The maximum Gasteiger partial charge on any atom is 0.586 e. The molecule has 0 spiro atoms. The number of anilines is 3. The van der Waals surface area contributed by atoms with E-state index in [0.29, 0.717) is 42.5 Å². The third-order valence-electron chi connectivity index (χ3n) is 6.26. The van der Waals surface area contributed by atoms with Gasteiger partial charge < -0.3 is 29.7 Å². The first-order chi connectivity index (χ1) is 16.9. The van der Waals surface area contributed by atoms with Gasteiger partial charge in [-0.3, -0.25) is 0 Å². The number of fused-ring (bicyclic) bond motifs is 2. The molecule has 0 saturated carbocycles. The van der Waals surface area contributed by atoms with Gasteiger partial charge in [-0.15, -0.1) is 8.78 Å². The molecule has 0 bridgehead atoms. The molecule has 2 aliphatic heterocycles. The number of hydrogen-bond acceptors (Lipinski definition) is 8. The molecule has 1 amide bonds. The van der Waals surface area contributed by atoms with Crippen molar-refractivity contribution in [1.29, 1.82) is 0 Å². The SMILES string of the molecule is CNc1cc(C)nc(Nc2cc3c(c(C4=CC5CN(C(=O)OC(C)(C)C)C[C@H]5C4)c2)OC(F)(F)O3)n1. The number of alkyl halides is 2. The minimum atomic E-state index is -3.75. The van der Waals surface area contributed by atoms with Crippen LogP contribution in [0.4, 0.5) is 31.0 Å². The Morgan fingerprint density at radius 3 is 2.67 bits per heavy atom. The van der Waals surface area contributed by atoms with Crippen LogP contribution in [0.5, 0.6) is 11.5 Å². The van der Waals surface area contributed by atoms with Crippen molar-refractivity contribution in [2.45, 2.75) is 46.0 Å². The lowest BCUT2D eigenvalue weighted by Crippen LogP contribution is -2.35. The largest absolute Gasteiger partial charge is 0.586 e. The minimum absolute atomic E-state index is 0.00171. The molecule has 1 saturated heterocycles. The fraction of sp³-hybridized carbons (Fsp3) is 0.480. The number of amides is 1. The maximum absolute atomic E-state index is 14.0. The number of aromatic nitrogens is 2. The third kappa shape index (κ3) is 4.87. The summed E-state index contributed by atoms with van der Waals surface area (Å²) >= 11 is 0. The third-order valence-corrected chi connectivity index (χ3v) is 6.26. The van der Waals surface area contributed by atoms with Crippen molar-refractivity contribution < 1.29 is 27.8 Å². The average molecular weight is 502 g/mol. The van der Waals surface area contributed by atoms with Gasteiger partial charge in [-0.1, -0.05) is 6.08 Å². The number of allylic oxidation sites excluding steroid dienone is 1. The molecular weight excluding hydrogens is 472 g/mol. The summed E-state index contributed by atoms with van der Waals surface area (Å²) in [6, 6.07) is 4.98. The molecule has 1 aromatic carbocycles. The van der Waals surface area contributed by atoms with Crippen molar-refractivity contribution in [2.75, 3.05) is 30.8 Å². The van der Waals surface area contributed by atoms with Crippen molar-refractivity contribution in [3.05, 3.63) is 35.5 Å². The zero-order valence-electron chi connectivity index (χ0n) is 20.8. The van der Waals surface area contributed by atoms with Crippen LogP contribution >= 0.6 is 0 Å². The lowest BCUT2D eigenvalue weighted by atomic mass is 9.97. The minimum Gasteiger partial charge on any atom is -0.444 e. The number of hydrogen-bond donors (Lipinski definition) is 2. The molecule has 1 aliphatic carbocycles. The van der Waals surface area contributed by atoms with E-state index in [1.165, 1.54) is 6.07 Å². The van der Waals surface area contributed by atoms with Crippen LogP contribution in [-0.2, 0) is 4.74 Å². The molecule has 1 fully saturated rings. The van der Waals surface area contributed by atoms with Gasteiger partial charge in [0, 0.05) is 49.2 Å². The Kier molecular flexibility index (Phi) is 5.68. The number of halogens is 2. The molecule has 3 heterocycles. The predicted octanol–water partition coefficient (Wildman–Crippen LogP) is 5.16. The van der Waals surface area contributed by atoms with E-state index >= 15 is 0 Å². The van der Waals surface area contributed by atoms with Crippen LogP contribution < -0.4 is 20.1 Å². The van der Waals surface area contributed by atoms with Gasteiger partial charge in [0.2, 0.25) is 5.95 Å². The van der Waals surface area contributed by atoms with Gasteiger partial charge in [0.15, 0.2) is 11.5 Å². The normalized spacial score (nSPS) is 21.8. The molecule has 36 heavy (non-hydrogen) atoms. The van der Waals surface area contributed by atoms with Crippen molar-refractivity contribution in [2.24, 2.45) is 11.8 Å². The number of aryl methyl sites for hydroxylation is 1. The molecular formula is C25H29F2N5O4. The van der Waals surface area contributed by atoms with Crippen molar-refractivity contribution in [3.8, 4) is 11.5 Å². The van der Waals surface area contributed by atoms with E-state index in [1.807, 2.05) is 33.8 Å². The van der Waals surface area contributed by atoms with Crippen LogP contribution in [0, 0.1) is 18.8 Å². The summed E-state index contributed by atoms with van der Waals surface area (Å²) in [6.45, 7) is 8.39. The molecule has 3 aliphatic rings. The molecule has 2 N–H and O–H groups in total. The monoisotopic (exact) mass is 501 g/mol. The van der Waals surface area contributed by atoms with Crippen LogP contribution in [-0.4, -0.2) is 53.0 Å². The molecule has 5 rings (SSSR count). The highest BCUT2D eigenvalue weighted by Gasteiger charge is 2.46. The first-order valence-electron chi connectivity index (χ1n) is 11.8. The second kappa shape index (κ2) is 8.49. The van der Waals surface area contributed by atoms with Crippen LogP contribution in [0.2, 0.25) is 0 Å². The van der Waals surface area contributed by atoms with E-state index in [2.05, 4.69) is 20.6 Å². The Morgan fingerprint density at radius 1 is 1.19 bits per heavy atom. The first kappa shape index (κ1) is 24.1. The Morgan fingerprint density at radius 2 is 1.97 bits per heavy atom. The molecule has 192 valence electrons. The van der Waals surface area contributed by atoms with Gasteiger partial charge >= 0.3 is 12.4 Å². The zero-order valence-corrected chi connectivity index (χ0v) is 20.8. The van der Waals surface area contributed by atoms with Crippen LogP contribution in [0.1, 0.15) is 38.4 Å². The van der Waals surface area contributed by atoms with E-state index in [9.17, 15) is 13.6 Å². The zero-order chi connectivity index (χ0) is 25.8. The molecule has 1 unspecified atom stereocenters. The molecule has 9 nitrogen and oxygen atoms in total. The maximum atomic E-state index is 14.0. The fourth-order valence-electron chi connectivity index (χ4n) is 4.83. The topological polar surface area (TPSA) is 97.8 Å². The molecule has 0 radical (unpaired) electrons. The number of ether oxygens (including phenoxy) is 3. The van der Waals surface area contributed by atoms with Gasteiger partial charge in [-0.2, -0.15) is 4.98 Å². The number of benzene rings is 1. The number of nitrogens with zero attached hydrogens (tertiary/aromatic N) is 3. The number of rotatable bonds is 4. The number of likely N-dealkylation sites (tertiary alicyclic amines) is 1. The van der Waals surface area contributed by atoms with Gasteiger partial charge in [0.25, 0.3) is 0 Å². The summed E-state index contributed by atoms with van der Waals surface area (Å²) in [7, 11) is 1.75. The lowest BCUT2D eigenvalue weighted by molar-refractivity contribution is -0.286. The lowest BCUT2D eigenvalue weighted by Gasteiger charge is -2.24. The summed E-state index contributed by atoms with van der Waals surface area (Å²) in [6.07, 6.45) is -1.44. The van der Waals surface area contributed by atoms with Crippen molar-refractivity contribution in [3.63, 3.8) is 0 Å². The Hall–Kier alpha value is -3.63. The number of carbonyl (C=O) groups is 1. The smallest absolute Gasteiger partial charge is 0.444 e. The van der Waals surface area contributed by atoms with E-state index in [-0.39, 0.29) is 29.4 Å². The van der Waals surface area contributed by atoms with Gasteiger partial charge in [0.1, 0.15) is 11.4 Å². The van der Waals surface area contributed by atoms with Gasteiger partial charge in [0.05, 0.1) is 0 Å². The van der Waals surface area contributed by atoms with Crippen LogP contribution in [0.3, 0.4) is 0 Å². The quantitative estimate of drug-likeness (QED) is 0.593. The molecule has 11 heteroatoms. The second-order valence-electron chi connectivity index (χ2n) is 10.3. The predicted molar refractivity (Wildman–Crippen MR) is 130 cm³/mol. The standard InChI is InChI=1S/C25H29F2N5O4/c1-13-6-20(28-5)31-22(29-13)30-17-9-18(21-19(10-17)34-25(26,27)35-21)14-7-15-11-32(12-16(15)8-14)23(33)36-24(2,3)4/h6-7,9-10,15-16H,8,11-12H2,1-5H3,(H2,28,29,30,31)/t15?,16-/m1/s1. The summed E-state index contributed by atoms with van der Waals surface area (Å²) in [5.41, 5.74) is 2.06. The van der Waals surface area contributed by atoms with E-state index < -0.39 is 11.9 Å². The van der Waals surface area contributed by atoms with Crippen molar-refractivity contribution in [1.82, 2.24) is 14.9 Å². The number of nitrogens with one attached hydrogen (secondary N) is 2. The van der Waals surface area contributed by atoms with Crippen LogP contribution in [0.25, 0.3) is 5.57 Å². The Bertz CT molecular complexity index is 1240. The first-order valence-corrected chi connectivity index (χ1v) is 11.8. The molecule has 1 aromatic heterocycles. The highest BCUT2D eigenvalue weighted by molar-refractivity contribution is 5.80. The highest BCUT2D eigenvalue weighted by Crippen LogP contribution is 2.51. The summed E-state index contributed by atoms with van der Waals surface area (Å²) in [5, 5.41) is 6.06. The average Bonchev–Trinajstić information content (AvgIpc) is 3.41. The Labute approximate surface area is 207 Å². The number of carbonyl (C=O) groups excluding carboxylic acids is 1. The van der Waals surface area contributed by atoms with Crippen LogP contribution in [0.15, 0.2) is 24.3 Å². The van der Waals surface area contributed by atoms with E-state index in [4.69, 9.17) is 14.2 Å². The van der Waals surface area contributed by atoms with E-state index in [1.54, 1.807) is 24.1 Å². The van der Waals surface area contributed by atoms with Gasteiger partial charge in [-0.25, -0.2) is 9.78 Å². The fourth-order valence-corrected chi connectivity index (χ4v) is 4.83. The summed E-state index contributed by atoms with van der Waals surface area (Å²) in [5.74, 6) is 1.15. The molecule has 2 atom stereocenters. The molecule has 2 aromatic rings. The highest BCUT2D eigenvalue weighted by atomic mass is 19.3. The van der Waals surface area contributed by atoms with Gasteiger partial charge in [-0.05, 0) is 57.6 Å². The summed E-state index contributed by atoms with van der Waals surface area (Å²) in [4.78, 5) is 23.0. The Balaban J connectivity index is 1.42. The van der Waals surface area contributed by atoms with E-state index in [0.717, 1.165) is 11.3 Å². The summed E-state index contributed by atoms with van der Waals surface area (Å²) < 4.78 is 43.3. The second-order valence-corrected chi connectivity index (χ2v) is 10.3.